The van der Waals surface area contributed by atoms with Crippen molar-refractivity contribution in [1.29, 1.82) is 0 Å². The highest BCUT2D eigenvalue weighted by Crippen LogP contribution is 2.30. The highest BCUT2D eigenvalue weighted by molar-refractivity contribution is 5.97. The van der Waals surface area contributed by atoms with Gasteiger partial charge >= 0.3 is 0 Å². The molecule has 1 aliphatic rings. The molecule has 2 aromatic carbocycles. The van der Waals surface area contributed by atoms with E-state index in [1.807, 2.05) is 16.7 Å². The second-order valence-corrected chi connectivity index (χ2v) is 6.62. The third-order valence-corrected chi connectivity index (χ3v) is 5.03. The molecule has 6 heteroatoms. The van der Waals surface area contributed by atoms with Gasteiger partial charge in [-0.15, -0.1) is 0 Å². The molecule has 0 saturated carbocycles. The molecule has 0 bridgehead atoms. The van der Waals surface area contributed by atoms with Crippen molar-refractivity contribution in [3.63, 3.8) is 0 Å². The number of amides is 1. The summed E-state index contributed by atoms with van der Waals surface area (Å²) in [6, 6.07) is 12.2. The van der Waals surface area contributed by atoms with Crippen LogP contribution >= 0.6 is 0 Å². The van der Waals surface area contributed by atoms with Gasteiger partial charge in [-0.25, -0.2) is 9.37 Å². The predicted molar refractivity (Wildman–Crippen MR) is 96.5 cm³/mol. The molecule has 0 aliphatic carbocycles. The molecule has 1 atom stereocenters. The molecule has 0 radical (unpaired) electrons. The largest absolute Gasteiger partial charge is 0.395 e. The predicted octanol–water partition coefficient (Wildman–Crippen LogP) is 2.80. The second-order valence-electron chi connectivity index (χ2n) is 6.62. The van der Waals surface area contributed by atoms with E-state index in [9.17, 15) is 9.18 Å². The lowest BCUT2D eigenvalue weighted by atomic mass is 9.98. The summed E-state index contributed by atoms with van der Waals surface area (Å²) in [6.07, 6.45) is 2.43. The molecule has 1 fully saturated rings. The van der Waals surface area contributed by atoms with Crippen LogP contribution in [0.1, 0.15) is 28.3 Å². The Morgan fingerprint density at radius 1 is 1.27 bits per heavy atom. The number of aliphatic hydroxyl groups is 1. The van der Waals surface area contributed by atoms with Crippen LogP contribution < -0.4 is 0 Å². The lowest BCUT2D eigenvalue weighted by molar-refractivity contribution is 0.0790. The van der Waals surface area contributed by atoms with Gasteiger partial charge in [-0.1, -0.05) is 18.2 Å². The van der Waals surface area contributed by atoms with Crippen LogP contribution in [0.25, 0.3) is 11.0 Å². The number of halogens is 1. The van der Waals surface area contributed by atoms with Gasteiger partial charge in [-0.3, -0.25) is 4.79 Å². The summed E-state index contributed by atoms with van der Waals surface area (Å²) in [5, 5.41) is 9.09. The minimum atomic E-state index is -0.206. The zero-order valence-electron chi connectivity index (χ0n) is 14.3. The minimum Gasteiger partial charge on any atom is -0.395 e. The summed E-state index contributed by atoms with van der Waals surface area (Å²) in [4.78, 5) is 18.9. The second kappa shape index (κ2) is 6.88. The Morgan fingerprint density at radius 2 is 2.12 bits per heavy atom. The van der Waals surface area contributed by atoms with Crippen molar-refractivity contribution < 1.29 is 14.3 Å². The average molecular weight is 353 g/mol. The van der Waals surface area contributed by atoms with Crippen LogP contribution in [0.2, 0.25) is 0 Å². The van der Waals surface area contributed by atoms with E-state index >= 15 is 0 Å². The SMILES string of the molecule is O=C(c1ccc2c(c1)ncn2CCO)N1CC[C@@H](c2ccccc2F)C1. The van der Waals surface area contributed by atoms with Crippen molar-refractivity contribution in [1.82, 2.24) is 14.5 Å². The highest BCUT2D eigenvalue weighted by Gasteiger charge is 2.29. The lowest BCUT2D eigenvalue weighted by Crippen LogP contribution is -2.28. The number of aliphatic hydroxyl groups excluding tert-OH is 1. The Labute approximate surface area is 150 Å². The van der Waals surface area contributed by atoms with Crippen LogP contribution in [0.5, 0.6) is 0 Å². The number of imidazole rings is 1. The molecule has 1 aliphatic heterocycles. The Kier molecular flexibility index (Phi) is 4.42. The van der Waals surface area contributed by atoms with Gasteiger partial charge in [0, 0.05) is 31.1 Å². The monoisotopic (exact) mass is 353 g/mol. The molecule has 3 aromatic rings. The molecule has 134 valence electrons. The van der Waals surface area contributed by atoms with E-state index in [4.69, 9.17) is 5.11 Å². The highest BCUT2D eigenvalue weighted by atomic mass is 19.1. The molecular formula is C20H20FN3O2. The number of aromatic nitrogens is 2. The van der Waals surface area contributed by atoms with E-state index in [0.29, 0.717) is 30.8 Å². The van der Waals surface area contributed by atoms with E-state index in [1.54, 1.807) is 35.5 Å². The van der Waals surface area contributed by atoms with Gasteiger partial charge in [-0.05, 0) is 36.2 Å². The van der Waals surface area contributed by atoms with Crippen LogP contribution in [0.3, 0.4) is 0 Å². The maximum Gasteiger partial charge on any atom is 0.253 e. The maximum atomic E-state index is 14.0. The van der Waals surface area contributed by atoms with E-state index in [0.717, 1.165) is 17.5 Å². The van der Waals surface area contributed by atoms with E-state index < -0.39 is 0 Å². The first-order valence-corrected chi connectivity index (χ1v) is 8.77. The molecule has 1 saturated heterocycles. The van der Waals surface area contributed by atoms with Gasteiger partial charge < -0.3 is 14.6 Å². The van der Waals surface area contributed by atoms with E-state index in [-0.39, 0.29) is 24.2 Å². The van der Waals surface area contributed by atoms with Crippen molar-refractivity contribution in [2.45, 2.75) is 18.9 Å². The fourth-order valence-corrected chi connectivity index (χ4v) is 3.67. The summed E-state index contributed by atoms with van der Waals surface area (Å²) in [6.45, 7) is 1.66. The number of likely N-dealkylation sites (tertiary alicyclic amines) is 1. The third kappa shape index (κ3) is 2.97. The molecule has 1 aromatic heterocycles. The number of nitrogens with zero attached hydrogens (tertiary/aromatic N) is 3. The normalized spacial score (nSPS) is 17.2. The number of hydrogen-bond donors (Lipinski definition) is 1. The van der Waals surface area contributed by atoms with Crippen molar-refractivity contribution in [2.24, 2.45) is 0 Å². The Morgan fingerprint density at radius 3 is 2.92 bits per heavy atom. The number of rotatable bonds is 4. The summed E-state index contributed by atoms with van der Waals surface area (Å²) >= 11 is 0. The van der Waals surface area contributed by atoms with Crippen molar-refractivity contribution in [3.05, 3.63) is 65.7 Å². The fourth-order valence-electron chi connectivity index (χ4n) is 3.67. The van der Waals surface area contributed by atoms with E-state index in [2.05, 4.69) is 4.98 Å². The zero-order chi connectivity index (χ0) is 18.1. The number of carbonyl (C=O) groups is 1. The number of benzene rings is 2. The molecule has 0 unspecified atom stereocenters. The van der Waals surface area contributed by atoms with Gasteiger partial charge in [0.1, 0.15) is 5.82 Å². The molecule has 4 rings (SSSR count). The van der Waals surface area contributed by atoms with Gasteiger partial charge in [0.25, 0.3) is 5.91 Å². The molecule has 1 amide bonds. The molecule has 26 heavy (non-hydrogen) atoms. The van der Waals surface area contributed by atoms with Crippen LogP contribution in [0.4, 0.5) is 4.39 Å². The minimum absolute atomic E-state index is 0.0349. The quantitative estimate of drug-likeness (QED) is 0.785. The number of fused-ring (bicyclic) bond motifs is 1. The molecule has 1 N–H and O–H groups in total. The molecular weight excluding hydrogens is 333 g/mol. The molecule has 5 nitrogen and oxygen atoms in total. The van der Waals surface area contributed by atoms with Crippen LogP contribution in [0.15, 0.2) is 48.8 Å². The third-order valence-electron chi connectivity index (χ3n) is 5.03. The van der Waals surface area contributed by atoms with Gasteiger partial charge in [0.2, 0.25) is 0 Å². The summed E-state index contributed by atoms with van der Waals surface area (Å²) < 4.78 is 15.9. The van der Waals surface area contributed by atoms with Crippen LogP contribution in [0, 0.1) is 5.82 Å². The smallest absolute Gasteiger partial charge is 0.253 e. The molecule has 2 heterocycles. The first kappa shape index (κ1) is 16.7. The topological polar surface area (TPSA) is 58.4 Å². The van der Waals surface area contributed by atoms with E-state index in [1.165, 1.54) is 6.07 Å². The first-order valence-electron chi connectivity index (χ1n) is 8.77. The fraction of sp³-hybridized carbons (Fsp3) is 0.300. The lowest BCUT2D eigenvalue weighted by Gasteiger charge is -2.17. The molecule has 0 spiro atoms. The first-order chi connectivity index (χ1) is 12.7. The number of hydrogen-bond acceptors (Lipinski definition) is 3. The van der Waals surface area contributed by atoms with Gasteiger partial charge in [0.15, 0.2) is 0 Å². The summed E-state index contributed by atoms with van der Waals surface area (Å²) in [5.41, 5.74) is 2.89. The summed E-state index contributed by atoms with van der Waals surface area (Å²) in [5.74, 6) is -0.224. The van der Waals surface area contributed by atoms with Crippen LogP contribution in [-0.4, -0.2) is 45.2 Å². The van der Waals surface area contributed by atoms with Crippen molar-refractivity contribution >= 4 is 16.9 Å². The standard InChI is InChI=1S/C20H20FN3O2/c21-17-4-2-1-3-16(17)15-7-8-23(12-15)20(26)14-5-6-19-18(11-14)22-13-24(19)9-10-25/h1-6,11,13,15,25H,7-10,12H2/t15-/m1/s1. The Bertz CT molecular complexity index is 953. The zero-order valence-corrected chi connectivity index (χ0v) is 14.3. The van der Waals surface area contributed by atoms with Gasteiger partial charge in [0.05, 0.1) is 24.0 Å². The number of carbonyl (C=O) groups excluding carboxylic acids is 1. The summed E-state index contributed by atoms with van der Waals surface area (Å²) in [7, 11) is 0. The van der Waals surface area contributed by atoms with Crippen LogP contribution in [-0.2, 0) is 6.54 Å². The van der Waals surface area contributed by atoms with Crippen molar-refractivity contribution in [2.75, 3.05) is 19.7 Å². The Hall–Kier alpha value is -2.73. The Balaban J connectivity index is 1.53. The maximum absolute atomic E-state index is 14.0. The van der Waals surface area contributed by atoms with Gasteiger partial charge in [-0.2, -0.15) is 0 Å². The average Bonchev–Trinajstić information content (AvgIpc) is 3.29. The van der Waals surface area contributed by atoms with Crippen molar-refractivity contribution in [3.8, 4) is 0 Å².